The number of anilines is 1. The quantitative estimate of drug-likeness (QED) is 0.489. The van der Waals surface area contributed by atoms with Crippen molar-refractivity contribution in [1.29, 1.82) is 10.5 Å². The molecule has 0 atom stereocenters. The number of hydrogen-bond donors (Lipinski definition) is 1. The van der Waals surface area contributed by atoms with Crippen molar-refractivity contribution >= 4 is 45.8 Å². The maximum atomic E-state index is 11.4. The van der Waals surface area contributed by atoms with Crippen molar-refractivity contribution in [3.8, 4) is 12.1 Å². The zero-order chi connectivity index (χ0) is 14.4. The predicted molar refractivity (Wildman–Crippen MR) is 78.4 cm³/mol. The fraction of sp³-hybridized carbons (Fsp3) is 0.0833. The van der Waals surface area contributed by atoms with E-state index in [-0.39, 0.29) is 16.2 Å². The second kappa shape index (κ2) is 6.98. The van der Waals surface area contributed by atoms with E-state index in [4.69, 9.17) is 22.1 Å². The standard InChI is InChI=1S/C12H7ClIN3O2/c1-19-12(18)8-2-3-9(11(14)10(8)13)17-6-7(4-15)5-16/h2-3,6,17H,1H3. The molecule has 19 heavy (non-hydrogen) atoms. The molecular weight excluding hydrogens is 381 g/mol. The van der Waals surface area contributed by atoms with Crippen LogP contribution >= 0.6 is 34.2 Å². The molecule has 0 saturated carbocycles. The van der Waals surface area contributed by atoms with E-state index in [1.165, 1.54) is 19.4 Å². The third-order valence-corrected chi connectivity index (χ3v) is 3.93. The van der Waals surface area contributed by atoms with Gasteiger partial charge in [-0.1, -0.05) is 11.6 Å². The third-order valence-electron chi connectivity index (χ3n) is 2.10. The summed E-state index contributed by atoms with van der Waals surface area (Å²) in [5.74, 6) is -0.528. The molecule has 1 rings (SSSR count). The van der Waals surface area contributed by atoms with E-state index in [1.807, 2.05) is 22.6 Å². The molecule has 0 spiro atoms. The van der Waals surface area contributed by atoms with Crippen LogP contribution in [-0.4, -0.2) is 13.1 Å². The molecule has 7 heteroatoms. The van der Waals surface area contributed by atoms with Crippen LogP contribution in [0.25, 0.3) is 0 Å². The van der Waals surface area contributed by atoms with Gasteiger partial charge in [-0.2, -0.15) is 10.5 Å². The maximum Gasteiger partial charge on any atom is 0.339 e. The smallest absolute Gasteiger partial charge is 0.339 e. The first-order valence-electron chi connectivity index (χ1n) is 4.88. The first kappa shape index (κ1) is 15.3. The van der Waals surface area contributed by atoms with E-state index in [1.54, 1.807) is 18.2 Å². The highest BCUT2D eigenvalue weighted by molar-refractivity contribution is 14.1. The highest BCUT2D eigenvalue weighted by Crippen LogP contribution is 2.30. The Bertz CT molecular complexity index is 613. The maximum absolute atomic E-state index is 11.4. The van der Waals surface area contributed by atoms with Crippen LogP contribution in [0.3, 0.4) is 0 Å². The molecule has 0 aliphatic carbocycles. The lowest BCUT2D eigenvalue weighted by Crippen LogP contribution is -2.04. The van der Waals surface area contributed by atoms with Gasteiger partial charge in [0.25, 0.3) is 0 Å². The number of nitriles is 2. The molecule has 0 heterocycles. The van der Waals surface area contributed by atoms with Crippen LogP contribution in [0.15, 0.2) is 23.9 Å². The largest absolute Gasteiger partial charge is 0.465 e. The van der Waals surface area contributed by atoms with Crippen LogP contribution in [0.2, 0.25) is 5.02 Å². The summed E-state index contributed by atoms with van der Waals surface area (Å²) in [5.41, 5.74) is 0.772. The summed E-state index contributed by atoms with van der Waals surface area (Å²) < 4.78 is 5.19. The van der Waals surface area contributed by atoms with Crippen molar-refractivity contribution in [1.82, 2.24) is 0 Å². The average Bonchev–Trinajstić information content (AvgIpc) is 2.43. The number of halogens is 2. The molecule has 0 saturated heterocycles. The van der Waals surface area contributed by atoms with Gasteiger partial charge in [0.05, 0.1) is 27.0 Å². The molecule has 0 aliphatic heterocycles. The Morgan fingerprint density at radius 2 is 2.11 bits per heavy atom. The van der Waals surface area contributed by atoms with Crippen molar-refractivity contribution in [2.75, 3.05) is 12.4 Å². The Hall–Kier alpha value is -1.77. The van der Waals surface area contributed by atoms with Gasteiger partial charge < -0.3 is 10.1 Å². The normalized spacial score (nSPS) is 8.89. The van der Waals surface area contributed by atoms with Crippen LogP contribution < -0.4 is 5.32 Å². The number of ether oxygens (including phenoxy) is 1. The van der Waals surface area contributed by atoms with Gasteiger partial charge in [-0.15, -0.1) is 0 Å². The summed E-state index contributed by atoms with van der Waals surface area (Å²) in [6, 6.07) is 6.56. The zero-order valence-corrected chi connectivity index (χ0v) is 12.6. The Balaban J connectivity index is 3.12. The first-order valence-corrected chi connectivity index (χ1v) is 6.34. The van der Waals surface area contributed by atoms with Gasteiger partial charge in [0.15, 0.2) is 0 Å². The number of allylic oxidation sites excluding steroid dienone is 1. The number of hydrogen-bond acceptors (Lipinski definition) is 5. The third kappa shape index (κ3) is 3.60. The fourth-order valence-electron chi connectivity index (χ4n) is 1.17. The summed E-state index contributed by atoms with van der Waals surface area (Å²) >= 11 is 8.01. The number of rotatable bonds is 3. The Labute approximate surface area is 128 Å². The molecule has 0 radical (unpaired) electrons. The molecule has 1 N–H and O–H groups in total. The molecule has 5 nitrogen and oxygen atoms in total. The molecule has 0 fully saturated rings. The molecule has 96 valence electrons. The lowest BCUT2D eigenvalue weighted by Gasteiger charge is -2.09. The number of methoxy groups -OCH3 is 1. The molecule has 0 bridgehead atoms. The molecule has 0 unspecified atom stereocenters. The molecular formula is C12H7ClIN3O2. The lowest BCUT2D eigenvalue weighted by atomic mass is 10.2. The average molecular weight is 388 g/mol. The van der Waals surface area contributed by atoms with E-state index in [0.717, 1.165) is 0 Å². The minimum atomic E-state index is -0.528. The topological polar surface area (TPSA) is 85.9 Å². The summed E-state index contributed by atoms with van der Waals surface area (Å²) in [6.07, 6.45) is 1.27. The van der Waals surface area contributed by atoms with Gasteiger partial charge in [-0.05, 0) is 34.7 Å². The van der Waals surface area contributed by atoms with Gasteiger partial charge in [0, 0.05) is 6.20 Å². The molecule has 0 aliphatic rings. The first-order chi connectivity index (χ1) is 9.04. The lowest BCUT2D eigenvalue weighted by molar-refractivity contribution is 0.0601. The number of carbonyl (C=O) groups excluding carboxylic acids is 1. The van der Waals surface area contributed by atoms with Crippen LogP contribution in [0.5, 0.6) is 0 Å². The van der Waals surface area contributed by atoms with Gasteiger partial charge in [0.1, 0.15) is 17.7 Å². The highest BCUT2D eigenvalue weighted by atomic mass is 127. The van der Waals surface area contributed by atoms with Crippen LogP contribution in [0.1, 0.15) is 10.4 Å². The van der Waals surface area contributed by atoms with Crippen LogP contribution in [-0.2, 0) is 4.74 Å². The minimum absolute atomic E-state index is 0.0658. The van der Waals surface area contributed by atoms with Crippen LogP contribution in [0, 0.1) is 26.2 Å². The molecule has 0 aromatic heterocycles. The highest BCUT2D eigenvalue weighted by Gasteiger charge is 2.15. The summed E-state index contributed by atoms with van der Waals surface area (Å²) in [7, 11) is 1.27. The van der Waals surface area contributed by atoms with E-state index < -0.39 is 5.97 Å². The number of nitrogens with one attached hydrogen (secondary N) is 1. The monoisotopic (exact) mass is 387 g/mol. The van der Waals surface area contributed by atoms with Crippen LogP contribution in [0.4, 0.5) is 5.69 Å². The van der Waals surface area contributed by atoms with Crippen molar-refractivity contribution in [3.63, 3.8) is 0 Å². The SMILES string of the molecule is COC(=O)c1ccc(NC=C(C#N)C#N)c(I)c1Cl. The van der Waals surface area contributed by atoms with Crippen molar-refractivity contribution in [2.24, 2.45) is 0 Å². The van der Waals surface area contributed by atoms with E-state index in [0.29, 0.717) is 9.26 Å². The molecule has 1 aromatic rings. The Kier molecular flexibility index (Phi) is 5.61. The van der Waals surface area contributed by atoms with E-state index in [9.17, 15) is 4.79 Å². The van der Waals surface area contributed by atoms with Gasteiger partial charge >= 0.3 is 5.97 Å². The molecule has 0 amide bonds. The minimum Gasteiger partial charge on any atom is -0.465 e. The van der Waals surface area contributed by atoms with Crippen molar-refractivity contribution < 1.29 is 9.53 Å². The zero-order valence-electron chi connectivity index (χ0n) is 9.70. The molecule has 1 aromatic carbocycles. The summed E-state index contributed by atoms with van der Waals surface area (Å²) in [4.78, 5) is 11.4. The van der Waals surface area contributed by atoms with Gasteiger partial charge in [-0.3, -0.25) is 0 Å². The number of benzene rings is 1. The Morgan fingerprint density at radius 1 is 1.47 bits per heavy atom. The van der Waals surface area contributed by atoms with Crippen molar-refractivity contribution in [3.05, 3.63) is 38.1 Å². The number of carbonyl (C=O) groups is 1. The summed E-state index contributed by atoms with van der Waals surface area (Å²) in [5, 5.41) is 20.3. The second-order valence-electron chi connectivity index (χ2n) is 3.21. The predicted octanol–water partition coefficient (Wildman–Crippen LogP) is 3.07. The number of nitrogens with zero attached hydrogens (tertiary/aromatic N) is 2. The van der Waals surface area contributed by atoms with E-state index >= 15 is 0 Å². The van der Waals surface area contributed by atoms with E-state index in [2.05, 4.69) is 10.1 Å². The fourth-order valence-corrected chi connectivity index (χ4v) is 2.04. The van der Waals surface area contributed by atoms with Gasteiger partial charge in [0.2, 0.25) is 0 Å². The summed E-state index contributed by atoms with van der Waals surface area (Å²) in [6.45, 7) is 0. The Morgan fingerprint density at radius 3 is 2.63 bits per heavy atom. The van der Waals surface area contributed by atoms with Gasteiger partial charge in [-0.25, -0.2) is 4.79 Å². The number of esters is 1. The van der Waals surface area contributed by atoms with Crippen molar-refractivity contribution in [2.45, 2.75) is 0 Å². The second-order valence-corrected chi connectivity index (χ2v) is 4.66.